The van der Waals surface area contributed by atoms with Crippen molar-refractivity contribution in [3.05, 3.63) is 0 Å². The van der Waals surface area contributed by atoms with Gasteiger partial charge in [0.25, 0.3) is 0 Å². The van der Waals surface area contributed by atoms with Crippen LogP contribution in [0.5, 0.6) is 0 Å². The molecule has 194 valence electrons. The van der Waals surface area contributed by atoms with Crippen LogP contribution in [0.2, 0.25) is 0 Å². The predicted molar refractivity (Wildman–Crippen MR) is 118 cm³/mol. The Morgan fingerprint density at radius 1 is 0.941 bits per heavy atom. The molecular weight excluding hydrogens is 449 g/mol. The van der Waals surface area contributed by atoms with E-state index in [0.29, 0.717) is 50.2 Å². The maximum absolute atomic E-state index is 12.6. The number of Topliss-reactive ketones (excluding diaryl/α,β-unsaturated/α-hetero) is 1. The summed E-state index contributed by atoms with van der Waals surface area (Å²) in [5.41, 5.74) is -1.89. The van der Waals surface area contributed by atoms with E-state index in [0.717, 1.165) is 38.5 Å². The van der Waals surface area contributed by atoms with E-state index < -0.39 is 35.4 Å². The van der Waals surface area contributed by atoms with Gasteiger partial charge in [-0.3, -0.25) is 4.79 Å². The first-order valence-corrected chi connectivity index (χ1v) is 13.0. The summed E-state index contributed by atoms with van der Waals surface area (Å²) < 4.78 is 56.0. The second-order valence-electron chi connectivity index (χ2n) is 12.5. The molecule has 0 radical (unpaired) electrons. The van der Waals surface area contributed by atoms with Gasteiger partial charge in [0.05, 0.1) is 31.0 Å². The zero-order valence-corrected chi connectivity index (χ0v) is 20.6. The van der Waals surface area contributed by atoms with Crippen molar-refractivity contribution in [3.63, 3.8) is 0 Å². The molecule has 1 N–H and O–H groups in total. The van der Waals surface area contributed by atoms with Gasteiger partial charge >= 0.3 is 6.18 Å². The first-order chi connectivity index (χ1) is 15.8. The van der Waals surface area contributed by atoms with Gasteiger partial charge in [-0.2, -0.15) is 13.2 Å². The van der Waals surface area contributed by atoms with Gasteiger partial charge < -0.3 is 19.3 Å². The molecule has 5 nitrogen and oxygen atoms in total. The average molecular weight is 489 g/mol. The third kappa shape index (κ3) is 3.52. The number of carbonyl (C=O) groups is 1. The van der Waals surface area contributed by atoms with E-state index in [9.17, 15) is 23.1 Å². The highest BCUT2D eigenvalue weighted by atomic mass is 19.4. The lowest BCUT2D eigenvalue weighted by Crippen LogP contribution is -2.65. The normalized spacial score (nSPS) is 47.8. The second kappa shape index (κ2) is 7.90. The maximum atomic E-state index is 12.6. The first kappa shape index (κ1) is 25.0. The Morgan fingerprint density at radius 3 is 2.26 bits per heavy atom. The highest BCUT2D eigenvalue weighted by molar-refractivity contribution is 5.84. The lowest BCUT2D eigenvalue weighted by molar-refractivity contribution is -0.270. The van der Waals surface area contributed by atoms with Gasteiger partial charge in [-0.05, 0) is 75.0 Å². The van der Waals surface area contributed by atoms with Gasteiger partial charge in [0.15, 0.2) is 5.79 Å². The standard InChI is InChI=1S/C26H39F3O5/c1-21(32-13-7-20(30)26(27,28)29)11-12-22(2)18-5-8-23(3)19(6-10-25(23)33-14-15-34-25)17(18)4-9-24(22,31)16-21/h17-19,31H,4-16H2,1-3H3/t17-,18+,19+,21-,22-,23+,24-/m1/s1. The van der Waals surface area contributed by atoms with Crippen LogP contribution in [0.25, 0.3) is 0 Å². The molecular formula is C26H39F3O5. The Kier molecular flexibility index (Phi) is 5.80. The van der Waals surface area contributed by atoms with E-state index in [1.165, 1.54) is 0 Å². The number of carbonyl (C=O) groups excluding carboxylic acids is 1. The fourth-order valence-electron chi connectivity index (χ4n) is 9.00. The molecule has 1 spiro atoms. The monoisotopic (exact) mass is 488 g/mol. The second-order valence-corrected chi connectivity index (χ2v) is 12.5. The fraction of sp³-hybridized carbons (Fsp3) is 0.962. The Balaban J connectivity index is 1.29. The van der Waals surface area contributed by atoms with E-state index in [-0.39, 0.29) is 17.4 Å². The average Bonchev–Trinajstić information content (AvgIpc) is 3.34. The molecule has 0 aromatic rings. The fourth-order valence-corrected chi connectivity index (χ4v) is 9.00. The third-order valence-electron chi connectivity index (χ3n) is 10.9. The molecule has 1 aliphatic heterocycles. The molecule has 34 heavy (non-hydrogen) atoms. The summed E-state index contributed by atoms with van der Waals surface area (Å²) in [5, 5.41) is 12.0. The molecule has 0 aromatic heterocycles. The summed E-state index contributed by atoms with van der Waals surface area (Å²) in [6, 6.07) is 0. The largest absolute Gasteiger partial charge is 0.450 e. The Morgan fingerprint density at radius 2 is 1.59 bits per heavy atom. The molecule has 5 rings (SSSR count). The van der Waals surface area contributed by atoms with Gasteiger partial charge in [0.1, 0.15) is 0 Å². The van der Waals surface area contributed by atoms with Crippen LogP contribution >= 0.6 is 0 Å². The number of halogens is 3. The van der Waals surface area contributed by atoms with Crippen LogP contribution in [-0.2, 0) is 19.0 Å². The first-order valence-electron chi connectivity index (χ1n) is 13.0. The Hall–Kier alpha value is -0.700. The molecule has 1 saturated heterocycles. The molecule has 4 saturated carbocycles. The SMILES string of the molecule is C[C@@]1(OCCC(=O)C(F)(F)F)CC[C@]2(C)[C@H]3CC[C@@]4(C)[C@@H](CCC45OCCO5)[C@@H]3CC[C@@]2(O)C1. The highest BCUT2D eigenvalue weighted by Gasteiger charge is 2.70. The smallest absolute Gasteiger partial charge is 0.389 e. The van der Waals surface area contributed by atoms with Crippen LogP contribution in [0.15, 0.2) is 0 Å². The summed E-state index contributed by atoms with van der Waals surface area (Å²) in [4.78, 5) is 11.2. The van der Waals surface area contributed by atoms with E-state index in [1.807, 2.05) is 6.92 Å². The number of hydrogen-bond acceptors (Lipinski definition) is 5. The Bertz CT molecular complexity index is 826. The molecule has 4 aliphatic carbocycles. The number of hydrogen-bond donors (Lipinski definition) is 1. The zero-order valence-electron chi connectivity index (χ0n) is 20.6. The van der Waals surface area contributed by atoms with Gasteiger partial charge in [-0.15, -0.1) is 0 Å². The maximum Gasteiger partial charge on any atom is 0.450 e. The molecule has 5 aliphatic rings. The lowest BCUT2D eigenvalue weighted by atomic mass is 9.42. The quantitative estimate of drug-likeness (QED) is 0.591. The third-order valence-corrected chi connectivity index (χ3v) is 10.9. The summed E-state index contributed by atoms with van der Waals surface area (Å²) in [7, 11) is 0. The summed E-state index contributed by atoms with van der Waals surface area (Å²) >= 11 is 0. The predicted octanol–water partition coefficient (Wildman–Crippen LogP) is 5.18. The van der Waals surface area contributed by atoms with Crippen molar-refractivity contribution in [1.82, 2.24) is 0 Å². The number of fused-ring (bicyclic) bond motifs is 6. The van der Waals surface area contributed by atoms with Crippen molar-refractivity contribution in [2.24, 2.45) is 28.6 Å². The topological polar surface area (TPSA) is 65.0 Å². The molecule has 7 atom stereocenters. The van der Waals surface area contributed by atoms with E-state index in [4.69, 9.17) is 14.2 Å². The minimum absolute atomic E-state index is 0.00773. The number of ketones is 1. The van der Waals surface area contributed by atoms with Crippen LogP contribution < -0.4 is 0 Å². The van der Waals surface area contributed by atoms with Crippen molar-refractivity contribution < 1.29 is 37.3 Å². The van der Waals surface area contributed by atoms with Crippen molar-refractivity contribution in [2.45, 2.75) is 108 Å². The van der Waals surface area contributed by atoms with Gasteiger partial charge in [-0.25, -0.2) is 0 Å². The van der Waals surface area contributed by atoms with Crippen LogP contribution in [0.3, 0.4) is 0 Å². The summed E-state index contributed by atoms with van der Waals surface area (Å²) in [5.74, 6) is -0.762. The van der Waals surface area contributed by atoms with Crippen LogP contribution in [0.4, 0.5) is 13.2 Å². The summed E-state index contributed by atoms with van der Waals surface area (Å²) in [6.07, 6.45) is 2.06. The van der Waals surface area contributed by atoms with E-state index >= 15 is 0 Å². The molecule has 0 bridgehead atoms. The molecule has 0 amide bonds. The highest BCUT2D eigenvalue weighted by Crippen LogP contribution is 2.70. The minimum atomic E-state index is -4.82. The van der Waals surface area contributed by atoms with E-state index in [1.54, 1.807) is 0 Å². The van der Waals surface area contributed by atoms with Crippen LogP contribution in [0, 0.1) is 28.6 Å². The van der Waals surface area contributed by atoms with Gasteiger partial charge in [0, 0.05) is 24.7 Å². The molecule has 1 heterocycles. The molecule has 0 aromatic carbocycles. The zero-order chi connectivity index (χ0) is 24.6. The van der Waals surface area contributed by atoms with Crippen molar-refractivity contribution in [3.8, 4) is 0 Å². The minimum Gasteiger partial charge on any atom is -0.389 e. The number of ether oxygens (including phenoxy) is 3. The van der Waals surface area contributed by atoms with Crippen molar-refractivity contribution in [2.75, 3.05) is 19.8 Å². The summed E-state index contributed by atoms with van der Waals surface area (Å²) in [6.45, 7) is 7.52. The lowest BCUT2D eigenvalue weighted by Gasteiger charge is -2.65. The molecule has 0 unspecified atom stereocenters. The number of alkyl halides is 3. The number of aliphatic hydroxyl groups is 1. The molecule has 8 heteroatoms. The Labute approximate surface area is 200 Å². The van der Waals surface area contributed by atoms with Crippen molar-refractivity contribution >= 4 is 5.78 Å². The van der Waals surface area contributed by atoms with Crippen LogP contribution in [-0.4, -0.2) is 53.9 Å². The van der Waals surface area contributed by atoms with Gasteiger partial charge in [0.2, 0.25) is 5.78 Å². The number of rotatable bonds is 4. The molecule has 5 fully saturated rings. The van der Waals surface area contributed by atoms with Crippen LogP contribution in [0.1, 0.15) is 85.0 Å². The van der Waals surface area contributed by atoms with E-state index in [2.05, 4.69) is 13.8 Å². The van der Waals surface area contributed by atoms with Gasteiger partial charge in [-0.1, -0.05) is 13.8 Å². The van der Waals surface area contributed by atoms with Crippen molar-refractivity contribution in [1.29, 1.82) is 0 Å².